The fourth-order valence-corrected chi connectivity index (χ4v) is 2.13. The molecule has 0 fully saturated rings. The number of fused-ring (bicyclic) bond motifs is 1. The number of hydrogen-bond acceptors (Lipinski definition) is 6. The summed E-state index contributed by atoms with van der Waals surface area (Å²) in [6, 6.07) is 5.09. The third-order valence-corrected chi connectivity index (χ3v) is 3.45. The van der Waals surface area contributed by atoms with Gasteiger partial charge in [-0.3, -0.25) is 15.4 Å². The molecule has 1 N–H and O–H groups in total. The molecule has 1 aromatic heterocycles. The first-order valence-corrected chi connectivity index (χ1v) is 7.96. The highest BCUT2D eigenvalue weighted by molar-refractivity contribution is 7.13. The number of nitrogens with one attached hydrogen (secondary N) is 1. The van der Waals surface area contributed by atoms with Crippen LogP contribution in [0.4, 0.5) is 15.6 Å². The van der Waals surface area contributed by atoms with Gasteiger partial charge in [0.25, 0.3) is 5.69 Å². The van der Waals surface area contributed by atoms with E-state index < -0.39 is 9.89 Å². The van der Waals surface area contributed by atoms with Crippen LogP contribution in [-0.2, 0) is 4.74 Å². The first-order valence-electron chi connectivity index (χ1n) is 5.95. The van der Waals surface area contributed by atoms with E-state index in [2.05, 4.69) is 15.0 Å². The molecule has 1 amide bonds. The Labute approximate surface area is 149 Å². The summed E-state index contributed by atoms with van der Waals surface area (Å²) in [6.45, 7) is -0.311. The molecule has 2 aliphatic rings. The van der Waals surface area contributed by atoms with Crippen LogP contribution in [0.25, 0.3) is 11.1 Å². The van der Waals surface area contributed by atoms with Gasteiger partial charge in [-0.1, -0.05) is 34.8 Å². The van der Waals surface area contributed by atoms with Gasteiger partial charge < -0.3 is 4.74 Å². The molecule has 2 aliphatic carbocycles. The Bertz CT molecular complexity index is 719. The van der Waals surface area contributed by atoms with Gasteiger partial charge in [0, 0.05) is 17.6 Å². The van der Waals surface area contributed by atoms with Gasteiger partial charge in [-0.2, -0.15) is 0 Å². The van der Waals surface area contributed by atoms with Crippen LogP contribution in [0.3, 0.4) is 0 Å². The average molecular weight is 397 g/mol. The van der Waals surface area contributed by atoms with Gasteiger partial charge in [0.1, 0.15) is 6.61 Å². The van der Waals surface area contributed by atoms with Crippen LogP contribution in [0.2, 0.25) is 0 Å². The molecular formula is C12H8Cl3N3O4S. The third-order valence-electron chi connectivity index (χ3n) is 2.43. The molecule has 0 saturated carbocycles. The molecule has 0 bridgehead atoms. The molecule has 0 unspecified atom stereocenters. The van der Waals surface area contributed by atoms with E-state index in [0.717, 1.165) is 11.1 Å². The second kappa shape index (κ2) is 7.31. The number of aromatic nitrogens is 1. The number of nitrogens with zero attached hydrogens (tertiary/aromatic N) is 2. The molecule has 0 saturated heterocycles. The number of ether oxygens (including phenoxy) is 1. The highest BCUT2D eigenvalue weighted by Gasteiger charge is 2.25. The van der Waals surface area contributed by atoms with Crippen LogP contribution < -0.4 is 5.32 Å². The molecule has 11 heteroatoms. The van der Waals surface area contributed by atoms with Crippen LogP contribution in [0.5, 0.6) is 0 Å². The fourth-order valence-electron chi connectivity index (χ4n) is 1.45. The van der Waals surface area contributed by atoms with Gasteiger partial charge in [0.2, 0.25) is 3.79 Å². The van der Waals surface area contributed by atoms with E-state index in [9.17, 15) is 14.9 Å². The van der Waals surface area contributed by atoms with Crippen LogP contribution in [-0.4, -0.2) is 26.4 Å². The van der Waals surface area contributed by atoms with Crippen molar-refractivity contribution in [2.75, 3.05) is 11.9 Å². The van der Waals surface area contributed by atoms with E-state index in [0.29, 0.717) is 5.13 Å². The molecule has 7 nitrogen and oxygen atoms in total. The van der Waals surface area contributed by atoms with Gasteiger partial charge in [0.05, 0.1) is 10.5 Å². The minimum atomic E-state index is -1.60. The number of anilines is 1. The zero-order valence-electron chi connectivity index (χ0n) is 11.2. The summed E-state index contributed by atoms with van der Waals surface area (Å²) < 4.78 is 3.00. The molecule has 0 aromatic carbocycles. The van der Waals surface area contributed by atoms with Crippen LogP contribution >= 0.6 is 46.1 Å². The molecule has 0 spiro atoms. The summed E-state index contributed by atoms with van der Waals surface area (Å²) in [7, 11) is 0. The SMILES string of the molecule is O=C(Nc1nccs1)OCC(Cl)(Cl)Cl.O=[N+]([O-])c1ccc2cc1-2. The van der Waals surface area contributed by atoms with E-state index in [4.69, 9.17) is 34.8 Å². The number of amides is 1. The Balaban J connectivity index is 0.000000182. The summed E-state index contributed by atoms with van der Waals surface area (Å²) in [4.78, 5) is 24.6. The number of halogens is 3. The zero-order valence-corrected chi connectivity index (χ0v) is 14.2. The summed E-state index contributed by atoms with van der Waals surface area (Å²) in [6.07, 6.45) is 0.848. The van der Waals surface area contributed by atoms with E-state index in [1.54, 1.807) is 23.7 Å². The monoisotopic (exact) mass is 395 g/mol. The summed E-state index contributed by atoms with van der Waals surface area (Å²) in [5.74, 6) is 0. The van der Waals surface area contributed by atoms with Crippen molar-refractivity contribution in [1.29, 1.82) is 0 Å². The standard InChI is InChI=1S/C6H5Cl3N2O2S.C6H3NO2/c7-6(8,9)3-13-5(12)11-4-10-1-2-14-4;8-7(9)6-2-1-4-3-5(4)6/h1-2H,3H2,(H,10,11,12);1-3H. The second-order valence-electron chi connectivity index (χ2n) is 4.14. The second-order valence-corrected chi connectivity index (χ2v) is 7.55. The number of carbonyl (C=O) groups excluding carboxylic acids is 1. The predicted molar refractivity (Wildman–Crippen MR) is 89.5 cm³/mol. The fraction of sp³-hybridized carbons (Fsp3) is 0.167. The van der Waals surface area contributed by atoms with Crippen molar-refractivity contribution in [2.45, 2.75) is 3.79 Å². The maximum Gasteiger partial charge on any atom is 0.413 e. The molecular weight excluding hydrogens is 389 g/mol. The van der Waals surface area contributed by atoms with Gasteiger partial charge in [-0.25, -0.2) is 9.78 Å². The van der Waals surface area contributed by atoms with Crippen molar-refractivity contribution in [3.05, 3.63) is 39.9 Å². The van der Waals surface area contributed by atoms with E-state index in [1.807, 2.05) is 0 Å². The summed E-state index contributed by atoms with van der Waals surface area (Å²) >= 11 is 17.4. The van der Waals surface area contributed by atoms with Crippen LogP contribution in [0.1, 0.15) is 0 Å². The summed E-state index contributed by atoms with van der Waals surface area (Å²) in [5.41, 5.74) is 2.06. The first kappa shape index (κ1) is 17.7. The van der Waals surface area contributed by atoms with Crippen LogP contribution in [0.15, 0.2) is 29.8 Å². The Kier molecular flexibility index (Phi) is 5.64. The molecule has 23 heavy (non-hydrogen) atoms. The maximum atomic E-state index is 11.0. The average Bonchev–Trinajstić information content (AvgIpc) is 2.88. The van der Waals surface area contributed by atoms with Gasteiger partial charge in [0.15, 0.2) is 5.13 Å². The number of nitro benzene ring substituents is 1. The van der Waals surface area contributed by atoms with E-state index in [1.165, 1.54) is 17.4 Å². The number of benzene rings is 1. The minimum Gasteiger partial charge on any atom is -0.445 e. The lowest BCUT2D eigenvalue weighted by molar-refractivity contribution is -0.383. The number of carbonyl (C=O) groups is 1. The lowest BCUT2D eigenvalue weighted by Gasteiger charge is -2.10. The molecule has 122 valence electrons. The number of alkyl halides is 3. The van der Waals surface area contributed by atoms with Gasteiger partial charge >= 0.3 is 6.09 Å². The normalized spacial score (nSPS) is 11.1. The maximum absolute atomic E-state index is 11.0. The van der Waals surface area contributed by atoms with Crippen LogP contribution in [0, 0.1) is 10.1 Å². The van der Waals surface area contributed by atoms with E-state index in [-0.39, 0.29) is 17.2 Å². The van der Waals surface area contributed by atoms with Crippen molar-refractivity contribution in [1.82, 2.24) is 4.98 Å². The third kappa shape index (κ3) is 5.83. The highest BCUT2D eigenvalue weighted by atomic mass is 35.6. The lowest BCUT2D eigenvalue weighted by Crippen LogP contribution is -2.21. The van der Waals surface area contributed by atoms with Crippen molar-refractivity contribution < 1.29 is 14.5 Å². The highest BCUT2D eigenvalue weighted by Crippen LogP contribution is 2.42. The first-order chi connectivity index (χ1) is 10.8. The molecule has 1 aromatic rings. The quantitative estimate of drug-likeness (QED) is 0.395. The number of rotatable bonds is 3. The van der Waals surface area contributed by atoms with Crippen molar-refractivity contribution >= 4 is 63.1 Å². The number of thiazole rings is 1. The smallest absolute Gasteiger partial charge is 0.413 e. The minimum absolute atomic E-state index is 0.241. The molecule has 1 heterocycles. The Hall–Kier alpha value is -1.61. The van der Waals surface area contributed by atoms with Crippen molar-refractivity contribution in [3.63, 3.8) is 0 Å². The zero-order chi connectivity index (χ0) is 17.0. The number of hydrogen-bond donors (Lipinski definition) is 1. The number of nitro groups is 1. The van der Waals surface area contributed by atoms with Gasteiger partial charge in [-0.15, -0.1) is 11.3 Å². The topological polar surface area (TPSA) is 94.4 Å². The Morgan fingerprint density at radius 3 is 2.57 bits per heavy atom. The Morgan fingerprint density at radius 2 is 2.17 bits per heavy atom. The Morgan fingerprint density at radius 1 is 1.43 bits per heavy atom. The lowest BCUT2D eigenvalue weighted by atomic mass is 10.5. The largest absolute Gasteiger partial charge is 0.445 e. The van der Waals surface area contributed by atoms with E-state index >= 15 is 0 Å². The summed E-state index contributed by atoms with van der Waals surface area (Å²) in [5, 5.41) is 14.6. The van der Waals surface area contributed by atoms with Crippen molar-refractivity contribution in [3.8, 4) is 11.1 Å². The predicted octanol–water partition coefficient (Wildman–Crippen LogP) is 4.64. The molecule has 0 radical (unpaired) electrons. The van der Waals surface area contributed by atoms with Gasteiger partial charge in [-0.05, 0) is 17.7 Å². The molecule has 0 aliphatic heterocycles. The van der Waals surface area contributed by atoms with Crippen molar-refractivity contribution in [2.24, 2.45) is 0 Å². The molecule has 0 atom stereocenters. The molecule has 3 rings (SSSR count).